The van der Waals surface area contributed by atoms with Crippen LogP contribution in [-0.2, 0) is 30.3 Å². The molecule has 0 heterocycles. The van der Waals surface area contributed by atoms with E-state index in [0.29, 0.717) is 0 Å². The minimum Gasteiger partial charge on any atom is -0.744 e. The number of aryl methyl sites for hydroxylation is 2. The van der Waals surface area contributed by atoms with E-state index < -0.39 is 35.2 Å². The Morgan fingerprint density at radius 2 is 1.21 bits per heavy atom. The fourth-order valence-electron chi connectivity index (χ4n) is 3.58. The number of fused-ring (bicyclic) bond motifs is 1. The molecule has 0 bridgehead atoms. The summed E-state index contributed by atoms with van der Waals surface area (Å²) in [6, 6.07) is 18.1. The second-order valence-electron chi connectivity index (χ2n) is 8.42. The predicted molar refractivity (Wildman–Crippen MR) is 138 cm³/mol. The van der Waals surface area contributed by atoms with Crippen molar-refractivity contribution in [3.63, 3.8) is 0 Å². The Hall–Kier alpha value is -1.81. The first-order valence-electron chi connectivity index (χ1n) is 10.8. The fourth-order valence-corrected chi connectivity index (χ4v) is 6.23. The minimum atomic E-state index is -5.01. The molecule has 0 atom stereocenters. The molecule has 0 aliphatic heterocycles. The monoisotopic (exact) mass is 599 g/mol. The van der Waals surface area contributed by atoms with Crippen LogP contribution < -0.4 is 59.9 Å². The van der Waals surface area contributed by atoms with Gasteiger partial charge in [-0.05, 0) is 67.8 Å². The second kappa shape index (κ2) is 11.4. The van der Waals surface area contributed by atoms with E-state index in [1.807, 2.05) is 6.92 Å². The summed E-state index contributed by atoms with van der Waals surface area (Å²) in [7, 11) is -12.0. The first kappa shape index (κ1) is 30.7. The zero-order valence-electron chi connectivity index (χ0n) is 20.9. The van der Waals surface area contributed by atoms with Gasteiger partial charge in [0.15, 0.2) is 5.75 Å². The smallest absolute Gasteiger partial charge is 0.744 e. The third-order valence-corrected chi connectivity index (χ3v) is 9.57. The zero-order valence-corrected chi connectivity index (χ0v) is 26.5. The van der Waals surface area contributed by atoms with Crippen LogP contribution in [0.2, 0.25) is 0 Å². The van der Waals surface area contributed by atoms with E-state index in [0.717, 1.165) is 27.6 Å². The molecule has 0 radical (unpaired) electrons. The summed E-state index contributed by atoms with van der Waals surface area (Å²) in [4.78, 5) is -0.845. The Bertz CT molecular complexity index is 1820. The number of anilines is 1. The molecule has 194 valence electrons. The van der Waals surface area contributed by atoms with Crippen molar-refractivity contribution >= 4 is 46.7 Å². The van der Waals surface area contributed by atoms with Gasteiger partial charge in [0, 0.05) is 18.5 Å². The molecule has 38 heavy (non-hydrogen) atoms. The molecule has 0 unspecified atom stereocenters. The van der Waals surface area contributed by atoms with Crippen molar-refractivity contribution in [1.29, 1.82) is 0 Å². The van der Waals surface area contributed by atoms with E-state index in [9.17, 15) is 29.8 Å². The van der Waals surface area contributed by atoms with Gasteiger partial charge < -0.3 is 8.74 Å². The van der Waals surface area contributed by atoms with Gasteiger partial charge in [0.2, 0.25) is 0 Å². The van der Waals surface area contributed by atoms with Crippen LogP contribution in [0.5, 0.6) is 5.75 Å². The minimum absolute atomic E-state index is 0. The number of rotatable bonds is 7. The third kappa shape index (κ3) is 6.49. The Kier molecular flexibility index (Phi) is 9.18. The molecule has 0 N–H and O–H groups in total. The van der Waals surface area contributed by atoms with Crippen LogP contribution in [0.1, 0.15) is 11.1 Å². The normalized spacial score (nSPS) is 12.1. The van der Waals surface area contributed by atoms with Gasteiger partial charge in [-0.15, -0.1) is 0 Å². The topological polar surface area (TPSA) is 138 Å². The van der Waals surface area contributed by atoms with Gasteiger partial charge in [-0.25, -0.2) is 16.8 Å². The molecule has 0 saturated carbocycles. The van der Waals surface area contributed by atoms with Gasteiger partial charge in [0.1, 0.15) is 15.0 Å². The van der Waals surface area contributed by atoms with E-state index in [-0.39, 0.29) is 83.4 Å². The Morgan fingerprint density at radius 3 is 1.74 bits per heavy atom. The summed E-state index contributed by atoms with van der Waals surface area (Å²) in [5, 5.41) is 0.252. The van der Waals surface area contributed by atoms with Gasteiger partial charge in [-0.3, -0.25) is 4.31 Å². The molecular formula is C25H22KNO8S3. The maximum atomic E-state index is 13.1. The van der Waals surface area contributed by atoms with Crippen molar-refractivity contribution in [2.24, 2.45) is 0 Å². The van der Waals surface area contributed by atoms with E-state index in [1.165, 1.54) is 49.5 Å². The van der Waals surface area contributed by atoms with E-state index in [4.69, 9.17) is 4.18 Å². The van der Waals surface area contributed by atoms with Gasteiger partial charge in [-0.2, -0.15) is 8.42 Å². The van der Waals surface area contributed by atoms with Crippen molar-refractivity contribution in [2.45, 2.75) is 28.5 Å². The molecule has 4 rings (SSSR count). The average Bonchev–Trinajstić information content (AvgIpc) is 2.83. The number of benzene rings is 4. The molecule has 9 nitrogen and oxygen atoms in total. The molecule has 0 amide bonds. The zero-order chi connectivity index (χ0) is 27.2. The molecule has 13 heteroatoms. The maximum Gasteiger partial charge on any atom is 1.00 e. The van der Waals surface area contributed by atoms with Crippen LogP contribution in [-0.4, -0.2) is 36.9 Å². The Labute approximate surface area is 264 Å². The summed E-state index contributed by atoms with van der Waals surface area (Å²) < 4.78 is 93.7. The summed E-state index contributed by atoms with van der Waals surface area (Å²) in [5.41, 5.74) is 1.86. The summed E-state index contributed by atoms with van der Waals surface area (Å²) in [5.74, 6) is -0.386. The summed E-state index contributed by atoms with van der Waals surface area (Å²) in [6.45, 7) is 3.60. The van der Waals surface area contributed by atoms with Crippen molar-refractivity contribution in [1.82, 2.24) is 0 Å². The van der Waals surface area contributed by atoms with E-state index in [2.05, 4.69) is 0 Å². The van der Waals surface area contributed by atoms with Gasteiger partial charge in [-0.1, -0.05) is 35.4 Å². The van der Waals surface area contributed by atoms with E-state index in [1.54, 1.807) is 31.2 Å². The van der Waals surface area contributed by atoms with E-state index >= 15 is 0 Å². The van der Waals surface area contributed by atoms with Crippen molar-refractivity contribution in [3.8, 4) is 5.75 Å². The average molecular weight is 600 g/mol. The Morgan fingerprint density at radius 1 is 0.684 bits per heavy atom. The largest absolute Gasteiger partial charge is 1.00 e. The number of nitrogens with zero attached hydrogens (tertiary/aromatic N) is 1. The SMILES string of the molecule is Cc1ccc(S(=O)(=O)Oc2cc(S(=O)(=O)[O-])cc3cc(N(C)S(=O)(=O)c4ccc(C)cc4)ccc23)cc1.[K+]. The van der Waals surface area contributed by atoms with Crippen LogP contribution in [0.25, 0.3) is 10.8 Å². The summed E-state index contributed by atoms with van der Waals surface area (Å²) >= 11 is 0. The number of hydrogen-bond donors (Lipinski definition) is 0. The van der Waals surface area contributed by atoms with Crippen LogP contribution in [0.15, 0.2) is 93.5 Å². The fraction of sp³-hybridized carbons (Fsp3) is 0.120. The molecule has 0 aromatic heterocycles. The molecule has 4 aromatic carbocycles. The van der Waals surface area contributed by atoms with Crippen molar-refractivity contribution < 1.29 is 85.4 Å². The van der Waals surface area contributed by atoms with Gasteiger partial charge >= 0.3 is 61.5 Å². The van der Waals surface area contributed by atoms with Crippen molar-refractivity contribution in [2.75, 3.05) is 11.4 Å². The third-order valence-electron chi connectivity index (χ3n) is 5.71. The standard InChI is InChI=1S/C25H23NO8S3.K/c1-17-4-9-21(10-5-17)35(27,28)26(3)20-8-13-24-19(14-20)15-23(36(29,30)31)16-25(24)34-37(32,33)22-11-6-18(2)7-12-22;/h4-16H,1-3H3,(H,29,30,31);/q;+1/p-1. The molecule has 0 aliphatic carbocycles. The van der Waals surface area contributed by atoms with Crippen LogP contribution in [0.4, 0.5) is 5.69 Å². The van der Waals surface area contributed by atoms with Gasteiger partial charge in [0.05, 0.1) is 15.5 Å². The molecule has 0 fully saturated rings. The molecule has 4 aromatic rings. The maximum absolute atomic E-state index is 13.1. The quantitative estimate of drug-likeness (QED) is 0.174. The first-order valence-corrected chi connectivity index (χ1v) is 15.0. The predicted octanol–water partition coefficient (Wildman–Crippen LogP) is 0.958. The first-order chi connectivity index (χ1) is 17.2. The van der Waals surface area contributed by atoms with Crippen LogP contribution >= 0.6 is 0 Å². The Balaban J connectivity index is 0.00000400. The number of hydrogen-bond acceptors (Lipinski definition) is 8. The van der Waals surface area contributed by atoms with Gasteiger partial charge in [0.25, 0.3) is 10.0 Å². The van der Waals surface area contributed by atoms with Crippen molar-refractivity contribution in [3.05, 3.63) is 90.0 Å². The van der Waals surface area contributed by atoms with Crippen LogP contribution in [0.3, 0.4) is 0 Å². The molecule has 0 saturated heterocycles. The molecule has 0 spiro atoms. The second-order valence-corrected chi connectivity index (χ2v) is 13.3. The molecule has 0 aliphatic rings. The van der Waals surface area contributed by atoms with Crippen LogP contribution in [0, 0.1) is 13.8 Å². The summed E-state index contributed by atoms with van der Waals surface area (Å²) in [6.07, 6.45) is 0. The number of sulfonamides is 1. The molecular weight excluding hydrogens is 578 g/mol.